The third-order valence-electron chi connectivity index (χ3n) is 6.98. The van der Waals surface area contributed by atoms with Crippen molar-refractivity contribution in [1.29, 1.82) is 0 Å². The van der Waals surface area contributed by atoms with Gasteiger partial charge < -0.3 is 33.8 Å². The number of anilines is 1. The van der Waals surface area contributed by atoms with Gasteiger partial charge in [-0.2, -0.15) is 0 Å². The molecule has 1 aliphatic heterocycles. The summed E-state index contributed by atoms with van der Waals surface area (Å²) in [5.41, 5.74) is -0.882. The number of carbonyl (C=O) groups is 1. The van der Waals surface area contributed by atoms with Gasteiger partial charge in [-0.15, -0.1) is 0 Å². The average molecular weight is 546 g/mol. The predicted octanol–water partition coefficient (Wildman–Crippen LogP) is 6.16. The number of carbonyl (C=O) groups excluding carboxylic acids is 1. The molecule has 0 bridgehead atoms. The molecule has 0 radical (unpaired) electrons. The van der Waals surface area contributed by atoms with Crippen molar-refractivity contribution in [2.75, 3.05) is 12.4 Å². The molecule has 2 heterocycles. The second-order valence-corrected chi connectivity index (χ2v) is 10.1. The van der Waals surface area contributed by atoms with E-state index in [0.717, 1.165) is 6.42 Å². The normalized spacial score (nSPS) is 18.3. The fourth-order valence-corrected chi connectivity index (χ4v) is 4.85. The SMILES string of the molecule is CO[C@@H]1CC[C@H](Oc2ccc3c(O)c(NC(=O)c4cccc(Oc5ccccc5)c4)c(=O)oc3c2C)OC1(C)C. The van der Waals surface area contributed by atoms with Crippen molar-refractivity contribution in [3.8, 4) is 23.0 Å². The molecule has 4 aromatic rings. The summed E-state index contributed by atoms with van der Waals surface area (Å²) in [5, 5.41) is 13.7. The van der Waals surface area contributed by atoms with Crippen molar-refractivity contribution >= 4 is 22.6 Å². The Bertz CT molecular complexity index is 1590. The first-order chi connectivity index (χ1) is 19.2. The van der Waals surface area contributed by atoms with E-state index in [0.29, 0.717) is 29.2 Å². The van der Waals surface area contributed by atoms with E-state index < -0.39 is 29.2 Å². The highest BCUT2D eigenvalue weighted by Crippen LogP contribution is 2.37. The Morgan fingerprint density at radius 2 is 1.77 bits per heavy atom. The number of ether oxygens (including phenoxy) is 4. The van der Waals surface area contributed by atoms with Crippen LogP contribution < -0.4 is 20.4 Å². The summed E-state index contributed by atoms with van der Waals surface area (Å²) in [5.74, 6) is 0.510. The van der Waals surface area contributed by atoms with Crippen LogP contribution in [0.3, 0.4) is 0 Å². The molecule has 2 N–H and O–H groups in total. The summed E-state index contributed by atoms with van der Waals surface area (Å²) < 4.78 is 29.1. The zero-order valence-electron chi connectivity index (χ0n) is 22.7. The third-order valence-corrected chi connectivity index (χ3v) is 6.98. The first-order valence-electron chi connectivity index (χ1n) is 13.0. The van der Waals surface area contributed by atoms with Gasteiger partial charge in [0.2, 0.25) is 6.29 Å². The van der Waals surface area contributed by atoms with Gasteiger partial charge in [-0.1, -0.05) is 24.3 Å². The van der Waals surface area contributed by atoms with Crippen molar-refractivity contribution in [2.24, 2.45) is 0 Å². The Balaban J connectivity index is 1.36. The van der Waals surface area contributed by atoms with E-state index in [2.05, 4.69) is 5.32 Å². The molecule has 0 aliphatic carbocycles. The molecule has 3 aromatic carbocycles. The van der Waals surface area contributed by atoms with Crippen LogP contribution in [0, 0.1) is 6.92 Å². The Hall–Kier alpha value is -4.34. The second kappa shape index (κ2) is 11.0. The van der Waals surface area contributed by atoms with Gasteiger partial charge in [0.15, 0.2) is 11.4 Å². The fourth-order valence-electron chi connectivity index (χ4n) is 4.85. The van der Waals surface area contributed by atoms with Crippen LogP contribution in [0.15, 0.2) is 75.9 Å². The number of amides is 1. The van der Waals surface area contributed by atoms with Crippen LogP contribution in [-0.4, -0.2) is 36.1 Å². The molecule has 1 amide bonds. The lowest BCUT2D eigenvalue weighted by Crippen LogP contribution is -2.49. The van der Waals surface area contributed by atoms with Gasteiger partial charge in [0.25, 0.3) is 5.91 Å². The molecule has 9 nitrogen and oxygen atoms in total. The number of nitrogens with one attached hydrogen (secondary N) is 1. The maximum Gasteiger partial charge on any atom is 0.364 e. The second-order valence-electron chi connectivity index (χ2n) is 10.1. The Kier molecular flexibility index (Phi) is 7.51. The van der Waals surface area contributed by atoms with E-state index in [1.54, 1.807) is 62.6 Å². The highest BCUT2D eigenvalue weighted by molar-refractivity contribution is 6.06. The molecule has 0 spiro atoms. The summed E-state index contributed by atoms with van der Waals surface area (Å²) in [6, 6.07) is 18.9. The largest absolute Gasteiger partial charge is 0.505 e. The van der Waals surface area contributed by atoms with Crippen LogP contribution in [0.2, 0.25) is 0 Å². The van der Waals surface area contributed by atoms with E-state index in [9.17, 15) is 14.7 Å². The number of fused-ring (bicyclic) bond motifs is 1. The standard InChI is InChI=1S/C31H31NO8/c1-18-23(38-25-16-15-24(36-4)31(2,3)40-25)14-13-22-27(33)26(30(35)39-28(18)22)32-29(34)19-9-8-12-21(17-19)37-20-10-6-5-7-11-20/h5-14,17,24-25,33H,15-16H2,1-4H3,(H,32,34)/t24-,25-/m1/s1. The molecule has 1 fully saturated rings. The summed E-state index contributed by atoms with van der Waals surface area (Å²) in [6.07, 6.45) is 0.823. The van der Waals surface area contributed by atoms with Crippen molar-refractivity contribution in [3.63, 3.8) is 0 Å². The minimum Gasteiger partial charge on any atom is -0.505 e. The highest BCUT2D eigenvalue weighted by Gasteiger charge is 2.39. The predicted molar refractivity (Wildman–Crippen MR) is 149 cm³/mol. The van der Waals surface area contributed by atoms with Crippen LogP contribution in [0.4, 0.5) is 5.69 Å². The molecule has 208 valence electrons. The Labute approximate surface area is 231 Å². The van der Waals surface area contributed by atoms with Gasteiger partial charge in [0.05, 0.1) is 17.1 Å². The van der Waals surface area contributed by atoms with E-state index in [1.807, 2.05) is 32.0 Å². The monoisotopic (exact) mass is 545 g/mol. The van der Waals surface area contributed by atoms with Crippen LogP contribution in [0.25, 0.3) is 11.0 Å². The van der Waals surface area contributed by atoms with Crippen LogP contribution in [0.5, 0.6) is 23.0 Å². The number of rotatable bonds is 7. The highest BCUT2D eigenvalue weighted by atomic mass is 16.7. The molecule has 0 unspecified atom stereocenters. The Morgan fingerprint density at radius 3 is 2.50 bits per heavy atom. The maximum absolute atomic E-state index is 13.0. The quantitative estimate of drug-likeness (QED) is 0.265. The lowest BCUT2D eigenvalue weighted by Gasteiger charge is -2.41. The summed E-state index contributed by atoms with van der Waals surface area (Å²) in [7, 11) is 1.66. The van der Waals surface area contributed by atoms with Crippen LogP contribution in [-0.2, 0) is 9.47 Å². The maximum atomic E-state index is 13.0. The molecule has 1 aliphatic rings. The smallest absolute Gasteiger partial charge is 0.364 e. The van der Waals surface area contributed by atoms with Crippen molar-refractivity contribution < 1.29 is 33.3 Å². The molecule has 40 heavy (non-hydrogen) atoms. The Morgan fingerprint density at radius 1 is 1.02 bits per heavy atom. The van der Waals surface area contributed by atoms with Crippen molar-refractivity contribution in [1.82, 2.24) is 0 Å². The average Bonchev–Trinajstić information content (AvgIpc) is 2.93. The van der Waals surface area contributed by atoms with Gasteiger partial charge in [-0.05, 0) is 69.7 Å². The minimum atomic E-state index is -0.895. The van der Waals surface area contributed by atoms with Gasteiger partial charge >= 0.3 is 5.63 Å². The first kappa shape index (κ1) is 27.2. The zero-order valence-corrected chi connectivity index (χ0v) is 22.7. The van der Waals surface area contributed by atoms with Gasteiger partial charge in [0, 0.05) is 24.7 Å². The molecule has 0 saturated carbocycles. The summed E-state index contributed by atoms with van der Waals surface area (Å²) >= 11 is 0. The number of hydrogen-bond donors (Lipinski definition) is 2. The van der Waals surface area contributed by atoms with Gasteiger partial charge in [0.1, 0.15) is 22.8 Å². The van der Waals surface area contributed by atoms with Gasteiger partial charge in [-0.3, -0.25) is 4.79 Å². The topological polar surface area (TPSA) is 116 Å². The number of hydrogen-bond acceptors (Lipinski definition) is 8. The molecule has 5 rings (SSSR count). The van der Waals surface area contributed by atoms with Crippen LogP contribution >= 0.6 is 0 Å². The molecular weight excluding hydrogens is 514 g/mol. The van der Waals surface area contributed by atoms with Crippen molar-refractivity contribution in [2.45, 2.75) is 51.6 Å². The van der Waals surface area contributed by atoms with Crippen LogP contribution in [0.1, 0.15) is 42.6 Å². The number of methoxy groups -OCH3 is 1. The van der Waals surface area contributed by atoms with Crippen molar-refractivity contribution in [3.05, 3.63) is 88.3 Å². The lowest BCUT2D eigenvalue weighted by atomic mass is 9.94. The molecule has 9 heteroatoms. The number of aromatic hydroxyl groups is 1. The first-order valence-corrected chi connectivity index (χ1v) is 13.0. The minimum absolute atomic E-state index is 0.0486. The summed E-state index contributed by atoms with van der Waals surface area (Å²) in [4.78, 5) is 25.9. The number of para-hydroxylation sites is 1. The zero-order chi connectivity index (χ0) is 28.4. The number of benzene rings is 3. The van der Waals surface area contributed by atoms with E-state index in [-0.39, 0.29) is 28.3 Å². The number of aryl methyl sites for hydroxylation is 1. The van der Waals surface area contributed by atoms with E-state index >= 15 is 0 Å². The van der Waals surface area contributed by atoms with E-state index in [1.165, 1.54) is 0 Å². The third kappa shape index (κ3) is 5.52. The summed E-state index contributed by atoms with van der Waals surface area (Å²) in [6.45, 7) is 5.62. The molecule has 1 aromatic heterocycles. The van der Waals surface area contributed by atoms with Gasteiger partial charge in [-0.25, -0.2) is 4.79 Å². The lowest BCUT2D eigenvalue weighted by molar-refractivity contribution is -0.233. The molecule has 2 atom stereocenters. The van der Waals surface area contributed by atoms with E-state index in [4.69, 9.17) is 23.4 Å². The molecule has 1 saturated heterocycles. The fraction of sp³-hybridized carbons (Fsp3) is 0.290. The molecular formula is C31H31NO8.